The Morgan fingerprint density at radius 1 is 1.40 bits per heavy atom. The van der Waals surface area contributed by atoms with Crippen molar-refractivity contribution in [2.24, 2.45) is 0 Å². The van der Waals surface area contributed by atoms with E-state index in [1.54, 1.807) is 0 Å². The number of amides is 1. The van der Waals surface area contributed by atoms with Crippen molar-refractivity contribution in [3.05, 3.63) is 29.8 Å². The highest BCUT2D eigenvalue weighted by molar-refractivity contribution is 5.88. The van der Waals surface area contributed by atoms with Crippen molar-refractivity contribution in [1.82, 2.24) is 4.90 Å². The van der Waals surface area contributed by atoms with Crippen LogP contribution in [-0.2, 0) is 16.1 Å². The molecule has 0 aliphatic carbocycles. The maximum absolute atomic E-state index is 11.0. The van der Waals surface area contributed by atoms with Crippen LogP contribution in [0, 0.1) is 0 Å². The molecule has 0 unspecified atom stereocenters. The summed E-state index contributed by atoms with van der Waals surface area (Å²) in [6.07, 6.45) is 2.37. The SMILES string of the molecule is CCC[C@@H]1COCCN1Cc1ccc(NC(C)=O)cc1. The van der Waals surface area contributed by atoms with Crippen molar-refractivity contribution in [2.75, 3.05) is 25.1 Å². The molecule has 1 atom stereocenters. The van der Waals surface area contributed by atoms with Gasteiger partial charge in [0.05, 0.1) is 13.2 Å². The standard InChI is InChI=1S/C16H24N2O2/c1-3-4-16-12-20-10-9-18(16)11-14-5-7-15(8-6-14)17-13(2)19/h5-8,16H,3-4,9-12H2,1-2H3,(H,17,19)/t16-/m1/s1. The van der Waals surface area contributed by atoms with E-state index in [0.717, 1.165) is 32.0 Å². The lowest BCUT2D eigenvalue weighted by Crippen LogP contribution is -2.44. The highest BCUT2D eigenvalue weighted by Crippen LogP contribution is 2.17. The molecule has 1 saturated heterocycles. The van der Waals surface area contributed by atoms with Gasteiger partial charge >= 0.3 is 0 Å². The van der Waals surface area contributed by atoms with E-state index in [1.165, 1.54) is 25.3 Å². The second kappa shape index (κ2) is 7.41. The number of nitrogens with one attached hydrogen (secondary N) is 1. The molecule has 0 bridgehead atoms. The van der Waals surface area contributed by atoms with E-state index in [0.29, 0.717) is 6.04 Å². The summed E-state index contributed by atoms with van der Waals surface area (Å²) in [4.78, 5) is 13.5. The largest absolute Gasteiger partial charge is 0.378 e. The van der Waals surface area contributed by atoms with Crippen LogP contribution in [0.1, 0.15) is 32.3 Å². The summed E-state index contributed by atoms with van der Waals surface area (Å²) in [6, 6.07) is 8.63. The molecule has 110 valence electrons. The molecule has 1 fully saturated rings. The van der Waals surface area contributed by atoms with E-state index >= 15 is 0 Å². The quantitative estimate of drug-likeness (QED) is 0.899. The normalized spacial score (nSPS) is 19.8. The van der Waals surface area contributed by atoms with Crippen molar-refractivity contribution >= 4 is 11.6 Å². The van der Waals surface area contributed by atoms with Crippen LogP contribution in [0.15, 0.2) is 24.3 Å². The van der Waals surface area contributed by atoms with Gasteiger partial charge in [0.15, 0.2) is 0 Å². The first-order chi connectivity index (χ1) is 9.69. The Kier molecular flexibility index (Phi) is 5.56. The van der Waals surface area contributed by atoms with Crippen LogP contribution in [0.25, 0.3) is 0 Å². The van der Waals surface area contributed by atoms with E-state index in [-0.39, 0.29) is 5.91 Å². The highest BCUT2D eigenvalue weighted by Gasteiger charge is 2.21. The Bertz CT molecular complexity index is 429. The lowest BCUT2D eigenvalue weighted by molar-refractivity contribution is -0.114. The van der Waals surface area contributed by atoms with Crippen molar-refractivity contribution < 1.29 is 9.53 Å². The molecule has 20 heavy (non-hydrogen) atoms. The molecule has 1 heterocycles. The van der Waals surface area contributed by atoms with Crippen LogP contribution in [0.4, 0.5) is 5.69 Å². The summed E-state index contributed by atoms with van der Waals surface area (Å²) in [7, 11) is 0. The third-order valence-corrected chi connectivity index (χ3v) is 3.63. The lowest BCUT2D eigenvalue weighted by atomic mass is 10.1. The zero-order valence-electron chi connectivity index (χ0n) is 12.4. The van der Waals surface area contributed by atoms with Gasteiger partial charge in [-0.25, -0.2) is 0 Å². The molecule has 0 saturated carbocycles. The molecule has 1 N–H and O–H groups in total. The van der Waals surface area contributed by atoms with Gasteiger partial charge in [-0.05, 0) is 24.1 Å². The van der Waals surface area contributed by atoms with Crippen molar-refractivity contribution in [2.45, 2.75) is 39.3 Å². The van der Waals surface area contributed by atoms with Gasteiger partial charge in [-0.2, -0.15) is 0 Å². The average Bonchev–Trinajstić information content (AvgIpc) is 2.43. The van der Waals surface area contributed by atoms with Crippen molar-refractivity contribution in [3.63, 3.8) is 0 Å². The monoisotopic (exact) mass is 276 g/mol. The van der Waals surface area contributed by atoms with Gasteiger partial charge in [0.2, 0.25) is 5.91 Å². The van der Waals surface area contributed by atoms with Gasteiger partial charge in [0, 0.05) is 31.7 Å². The fraction of sp³-hybridized carbons (Fsp3) is 0.562. The molecule has 1 amide bonds. The first-order valence-electron chi connectivity index (χ1n) is 7.37. The zero-order chi connectivity index (χ0) is 14.4. The summed E-state index contributed by atoms with van der Waals surface area (Å²) in [5, 5.41) is 2.79. The minimum atomic E-state index is -0.0334. The summed E-state index contributed by atoms with van der Waals surface area (Å²) < 4.78 is 5.58. The highest BCUT2D eigenvalue weighted by atomic mass is 16.5. The number of ether oxygens (including phenoxy) is 1. The van der Waals surface area contributed by atoms with E-state index in [1.807, 2.05) is 12.1 Å². The maximum atomic E-state index is 11.0. The number of anilines is 1. The number of rotatable bonds is 5. The Morgan fingerprint density at radius 3 is 2.80 bits per heavy atom. The minimum Gasteiger partial charge on any atom is -0.378 e. The smallest absolute Gasteiger partial charge is 0.221 e. The number of carbonyl (C=O) groups excluding carboxylic acids is 1. The molecular weight excluding hydrogens is 252 g/mol. The van der Waals surface area contributed by atoms with Gasteiger partial charge in [-0.1, -0.05) is 25.5 Å². The molecule has 2 rings (SSSR count). The first-order valence-corrected chi connectivity index (χ1v) is 7.37. The summed E-state index contributed by atoms with van der Waals surface area (Å²) in [5.74, 6) is -0.0334. The van der Waals surface area contributed by atoms with Crippen LogP contribution in [0.2, 0.25) is 0 Å². The molecule has 1 aliphatic rings. The number of benzene rings is 1. The summed E-state index contributed by atoms with van der Waals surface area (Å²) in [6.45, 7) is 7.36. The third-order valence-electron chi connectivity index (χ3n) is 3.63. The van der Waals surface area contributed by atoms with Crippen LogP contribution >= 0.6 is 0 Å². The van der Waals surface area contributed by atoms with Crippen LogP contribution < -0.4 is 5.32 Å². The molecule has 4 nitrogen and oxygen atoms in total. The topological polar surface area (TPSA) is 41.6 Å². The van der Waals surface area contributed by atoms with Crippen LogP contribution in [0.5, 0.6) is 0 Å². The Labute approximate surface area is 121 Å². The zero-order valence-corrected chi connectivity index (χ0v) is 12.4. The van der Waals surface area contributed by atoms with E-state index in [4.69, 9.17) is 4.74 Å². The van der Waals surface area contributed by atoms with Gasteiger partial charge in [0.1, 0.15) is 0 Å². The Balaban J connectivity index is 1.95. The maximum Gasteiger partial charge on any atom is 0.221 e. The third kappa shape index (κ3) is 4.32. The molecule has 0 aromatic heterocycles. The summed E-state index contributed by atoms with van der Waals surface area (Å²) in [5.41, 5.74) is 2.13. The second-order valence-corrected chi connectivity index (χ2v) is 5.37. The van der Waals surface area contributed by atoms with Gasteiger partial charge < -0.3 is 10.1 Å². The van der Waals surface area contributed by atoms with Crippen molar-refractivity contribution in [1.29, 1.82) is 0 Å². The fourth-order valence-electron chi connectivity index (χ4n) is 2.63. The first kappa shape index (κ1) is 15.0. The molecule has 1 aliphatic heterocycles. The van der Waals surface area contributed by atoms with Gasteiger partial charge in [-0.15, -0.1) is 0 Å². The predicted molar refractivity (Wildman–Crippen MR) is 80.7 cm³/mol. The molecule has 1 aromatic carbocycles. The summed E-state index contributed by atoms with van der Waals surface area (Å²) >= 11 is 0. The Morgan fingerprint density at radius 2 is 2.15 bits per heavy atom. The molecular formula is C16H24N2O2. The van der Waals surface area contributed by atoms with Gasteiger partial charge in [0.25, 0.3) is 0 Å². The number of hydrogen-bond acceptors (Lipinski definition) is 3. The second-order valence-electron chi connectivity index (χ2n) is 5.37. The number of hydrogen-bond donors (Lipinski definition) is 1. The fourth-order valence-corrected chi connectivity index (χ4v) is 2.63. The number of carbonyl (C=O) groups is 1. The number of morpholine rings is 1. The van der Waals surface area contributed by atoms with E-state index < -0.39 is 0 Å². The predicted octanol–water partition coefficient (Wildman–Crippen LogP) is 2.65. The van der Waals surface area contributed by atoms with E-state index in [2.05, 4.69) is 29.3 Å². The minimum absolute atomic E-state index is 0.0334. The molecule has 0 spiro atoms. The van der Waals surface area contributed by atoms with E-state index in [9.17, 15) is 4.79 Å². The Hall–Kier alpha value is -1.39. The molecule has 1 aromatic rings. The molecule has 0 radical (unpaired) electrons. The lowest BCUT2D eigenvalue weighted by Gasteiger charge is -2.35. The number of nitrogens with zero attached hydrogens (tertiary/aromatic N) is 1. The molecule has 4 heteroatoms. The average molecular weight is 276 g/mol. The van der Waals surface area contributed by atoms with Gasteiger partial charge in [-0.3, -0.25) is 9.69 Å². The van der Waals surface area contributed by atoms with Crippen LogP contribution in [0.3, 0.4) is 0 Å². The van der Waals surface area contributed by atoms with Crippen LogP contribution in [-0.4, -0.2) is 36.6 Å². The van der Waals surface area contributed by atoms with Crippen molar-refractivity contribution in [3.8, 4) is 0 Å².